The van der Waals surface area contributed by atoms with Crippen LogP contribution in [-0.2, 0) is 4.43 Å². The highest BCUT2D eigenvalue weighted by Gasteiger charge is 2.28. The van der Waals surface area contributed by atoms with E-state index in [1.54, 1.807) is 0 Å². The first-order valence-electron chi connectivity index (χ1n) is 3.85. The van der Waals surface area contributed by atoms with E-state index in [-0.39, 0.29) is 0 Å². The van der Waals surface area contributed by atoms with Gasteiger partial charge in [0.05, 0.1) is 0 Å². The molecule has 0 rings (SSSR count). The molecule has 0 aromatic heterocycles. The smallest absolute Gasteiger partial charge is 0.202 e. The minimum atomic E-state index is -1.42. The maximum atomic E-state index is 5.66. The summed E-state index contributed by atoms with van der Waals surface area (Å²) in [4.78, 5) is 0. The molecule has 2 nitrogen and oxygen atoms in total. The quantitative estimate of drug-likeness (QED) is 0.629. The van der Waals surface area contributed by atoms with Crippen LogP contribution in [0.25, 0.3) is 0 Å². The average molecular weight is 161 g/mol. The molecule has 1 atom stereocenters. The van der Waals surface area contributed by atoms with E-state index in [1.807, 2.05) is 7.05 Å². The predicted molar refractivity (Wildman–Crippen MR) is 47.6 cm³/mol. The van der Waals surface area contributed by atoms with Crippen LogP contribution in [0.4, 0.5) is 0 Å². The average Bonchev–Trinajstić information content (AvgIpc) is 1.86. The first kappa shape index (κ1) is 10.1. The molecule has 1 N–H and O–H groups in total. The van der Waals surface area contributed by atoms with Crippen molar-refractivity contribution >= 4 is 8.32 Å². The van der Waals surface area contributed by atoms with E-state index in [9.17, 15) is 0 Å². The van der Waals surface area contributed by atoms with Crippen LogP contribution in [0.1, 0.15) is 13.8 Å². The Labute approximate surface area is 65.1 Å². The fourth-order valence-electron chi connectivity index (χ4n) is 0.845. The first-order chi connectivity index (χ1) is 4.54. The largest absolute Gasteiger partial charge is 0.416 e. The molecule has 0 bridgehead atoms. The number of hydrogen-bond donors (Lipinski definition) is 1. The van der Waals surface area contributed by atoms with E-state index in [0.29, 0.717) is 5.67 Å². The fraction of sp³-hybridized carbons (Fsp3) is 1.00. The van der Waals surface area contributed by atoms with Crippen molar-refractivity contribution in [3.05, 3.63) is 0 Å². The maximum Gasteiger partial charge on any atom is 0.202 e. The normalized spacial score (nSPS) is 15.3. The van der Waals surface area contributed by atoms with Gasteiger partial charge in [-0.25, -0.2) is 0 Å². The zero-order valence-corrected chi connectivity index (χ0v) is 8.69. The van der Waals surface area contributed by atoms with Crippen molar-refractivity contribution in [2.75, 3.05) is 13.7 Å². The first-order valence-corrected chi connectivity index (χ1v) is 6.84. The Balaban J connectivity index is 3.82. The lowest BCUT2D eigenvalue weighted by molar-refractivity contribution is 0.318. The van der Waals surface area contributed by atoms with Crippen molar-refractivity contribution in [2.45, 2.75) is 32.6 Å². The van der Waals surface area contributed by atoms with E-state index >= 15 is 0 Å². The molecule has 10 heavy (non-hydrogen) atoms. The monoisotopic (exact) mass is 161 g/mol. The van der Waals surface area contributed by atoms with E-state index < -0.39 is 8.32 Å². The molecule has 0 radical (unpaired) electrons. The van der Waals surface area contributed by atoms with Crippen LogP contribution in [-0.4, -0.2) is 27.6 Å². The van der Waals surface area contributed by atoms with Crippen molar-refractivity contribution in [3.63, 3.8) is 0 Å². The zero-order chi connectivity index (χ0) is 8.20. The highest BCUT2D eigenvalue weighted by atomic mass is 28.4. The SMILES string of the molecule is CCO[Si](C)(C)C(C)NC. The van der Waals surface area contributed by atoms with Crippen molar-refractivity contribution < 1.29 is 4.43 Å². The Bertz CT molecular complexity index is 95.6. The minimum Gasteiger partial charge on any atom is -0.416 e. The number of hydrogen-bond acceptors (Lipinski definition) is 2. The van der Waals surface area contributed by atoms with Gasteiger partial charge in [-0.2, -0.15) is 0 Å². The van der Waals surface area contributed by atoms with Gasteiger partial charge in [-0.3, -0.25) is 0 Å². The standard InChI is InChI=1S/C7H19NOSi/c1-6-9-10(4,5)7(2)8-3/h7-8H,6H2,1-5H3. The molecule has 0 saturated heterocycles. The molecule has 0 aliphatic carbocycles. The van der Waals surface area contributed by atoms with E-state index in [4.69, 9.17) is 4.43 Å². The van der Waals surface area contributed by atoms with Crippen molar-refractivity contribution in [1.29, 1.82) is 0 Å². The molecule has 0 heterocycles. The van der Waals surface area contributed by atoms with Crippen LogP contribution in [0.3, 0.4) is 0 Å². The predicted octanol–water partition coefficient (Wildman–Crippen LogP) is 1.38. The van der Waals surface area contributed by atoms with Gasteiger partial charge >= 0.3 is 0 Å². The summed E-state index contributed by atoms with van der Waals surface area (Å²) < 4.78 is 5.66. The second-order valence-electron chi connectivity index (χ2n) is 3.05. The van der Waals surface area contributed by atoms with Gasteiger partial charge in [-0.15, -0.1) is 0 Å². The third kappa shape index (κ3) is 2.81. The third-order valence-electron chi connectivity index (χ3n) is 1.99. The summed E-state index contributed by atoms with van der Waals surface area (Å²) in [6, 6.07) is 0. The second kappa shape index (κ2) is 4.11. The summed E-state index contributed by atoms with van der Waals surface area (Å²) >= 11 is 0. The van der Waals surface area contributed by atoms with Gasteiger partial charge in [-0.05, 0) is 27.1 Å². The zero-order valence-electron chi connectivity index (χ0n) is 7.69. The van der Waals surface area contributed by atoms with Gasteiger partial charge in [-0.1, -0.05) is 6.92 Å². The summed E-state index contributed by atoms with van der Waals surface area (Å²) in [7, 11) is 0.567. The molecule has 0 fully saturated rings. The topological polar surface area (TPSA) is 21.3 Å². The molecule has 0 spiro atoms. The van der Waals surface area contributed by atoms with Crippen LogP contribution in [0, 0.1) is 0 Å². The Morgan fingerprint density at radius 1 is 1.50 bits per heavy atom. The lowest BCUT2D eigenvalue weighted by Gasteiger charge is -2.28. The fourth-order valence-corrected chi connectivity index (χ4v) is 2.53. The summed E-state index contributed by atoms with van der Waals surface area (Å²) in [5.74, 6) is 0. The van der Waals surface area contributed by atoms with Gasteiger partial charge < -0.3 is 9.74 Å². The molecule has 0 aromatic carbocycles. The van der Waals surface area contributed by atoms with Gasteiger partial charge in [0.2, 0.25) is 8.32 Å². The molecule has 3 heteroatoms. The summed E-state index contributed by atoms with van der Waals surface area (Å²) in [6.45, 7) is 9.54. The maximum absolute atomic E-state index is 5.66. The third-order valence-corrected chi connectivity index (χ3v) is 5.40. The van der Waals surface area contributed by atoms with Gasteiger partial charge in [0.1, 0.15) is 0 Å². The van der Waals surface area contributed by atoms with Gasteiger partial charge in [0.15, 0.2) is 0 Å². The molecule has 0 aliphatic rings. The Morgan fingerprint density at radius 3 is 2.30 bits per heavy atom. The van der Waals surface area contributed by atoms with Crippen LogP contribution >= 0.6 is 0 Å². The molecule has 0 saturated carbocycles. The molecular formula is C7H19NOSi. The van der Waals surface area contributed by atoms with Crippen LogP contribution in [0.2, 0.25) is 13.1 Å². The highest BCUT2D eigenvalue weighted by molar-refractivity contribution is 6.72. The van der Waals surface area contributed by atoms with Crippen LogP contribution in [0.5, 0.6) is 0 Å². The molecule has 0 aromatic rings. The molecule has 1 unspecified atom stereocenters. The van der Waals surface area contributed by atoms with Gasteiger partial charge in [0.25, 0.3) is 0 Å². The Kier molecular flexibility index (Phi) is 4.16. The van der Waals surface area contributed by atoms with E-state index in [1.165, 1.54) is 0 Å². The van der Waals surface area contributed by atoms with Crippen molar-refractivity contribution in [1.82, 2.24) is 5.32 Å². The lowest BCUT2D eigenvalue weighted by Crippen LogP contribution is -2.50. The van der Waals surface area contributed by atoms with E-state index in [0.717, 1.165) is 6.61 Å². The molecule has 0 aliphatic heterocycles. The highest BCUT2D eigenvalue weighted by Crippen LogP contribution is 2.08. The van der Waals surface area contributed by atoms with Crippen LogP contribution in [0.15, 0.2) is 0 Å². The Morgan fingerprint density at radius 2 is 2.00 bits per heavy atom. The molecule has 0 amide bonds. The minimum absolute atomic E-state index is 0.535. The number of nitrogens with one attached hydrogen (secondary N) is 1. The molecular weight excluding hydrogens is 142 g/mol. The van der Waals surface area contributed by atoms with Gasteiger partial charge in [0, 0.05) is 12.3 Å². The van der Waals surface area contributed by atoms with E-state index in [2.05, 4.69) is 32.3 Å². The summed E-state index contributed by atoms with van der Waals surface area (Å²) in [5, 5.41) is 3.23. The lowest BCUT2D eigenvalue weighted by atomic mass is 10.7. The molecule has 62 valence electrons. The summed E-state index contributed by atoms with van der Waals surface area (Å²) in [5.41, 5.74) is 0.535. The second-order valence-corrected chi connectivity index (χ2v) is 7.41. The van der Waals surface area contributed by atoms with Crippen molar-refractivity contribution in [3.8, 4) is 0 Å². The van der Waals surface area contributed by atoms with Crippen molar-refractivity contribution in [2.24, 2.45) is 0 Å². The summed E-state index contributed by atoms with van der Waals surface area (Å²) in [6.07, 6.45) is 0. The number of rotatable bonds is 4. The van der Waals surface area contributed by atoms with Crippen LogP contribution < -0.4 is 5.32 Å². The Hall–Kier alpha value is 0.137.